The van der Waals surface area contributed by atoms with Gasteiger partial charge in [-0.25, -0.2) is 8.78 Å². The molecule has 2 aliphatic carbocycles. The molecular formula is C16H16F12. The molecule has 0 saturated heterocycles. The van der Waals surface area contributed by atoms with Crippen molar-refractivity contribution in [2.45, 2.75) is 68.1 Å². The first-order chi connectivity index (χ1) is 12.4. The Morgan fingerprint density at radius 1 is 0.750 bits per heavy atom. The Hall–Kier alpha value is -1.10. The van der Waals surface area contributed by atoms with Crippen molar-refractivity contribution in [3.63, 3.8) is 0 Å². The highest BCUT2D eigenvalue weighted by Gasteiger charge is 2.76. The predicted octanol–water partition coefficient (Wildman–Crippen LogP) is 6.81. The zero-order valence-corrected chi connectivity index (χ0v) is 14.0. The van der Waals surface area contributed by atoms with E-state index < -0.39 is 61.2 Å². The highest BCUT2D eigenvalue weighted by molar-refractivity contribution is 5.10. The molecule has 2 bridgehead atoms. The predicted molar refractivity (Wildman–Crippen MR) is 73.4 cm³/mol. The van der Waals surface area contributed by atoms with E-state index in [0.717, 1.165) is 0 Å². The Labute approximate surface area is 151 Å². The van der Waals surface area contributed by atoms with Gasteiger partial charge in [0.2, 0.25) is 0 Å². The van der Waals surface area contributed by atoms with Crippen LogP contribution in [0.1, 0.15) is 32.1 Å². The highest BCUT2D eigenvalue weighted by atomic mass is 19.4. The first-order valence-electron chi connectivity index (χ1n) is 8.30. The lowest BCUT2D eigenvalue weighted by molar-refractivity contribution is -0.345. The van der Waals surface area contributed by atoms with Crippen molar-refractivity contribution < 1.29 is 52.7 Å². The van der Waals surface area contributed by atoms with Gasteiger partial charge in [-0.05, 0) is 37.0 Å². The molecule has 0 N–H and O–H groups in total. The van der Waals surface area contributed by atoms with Crippen LogP contribution in [0.2, 0.25) is 0 Å². The van der Waals surface area contributed by atoms with Crippen LogP contribution in [0, 0.1) is 17.8 Å². The lowest BCUT2D eigenvalue weighted by atomic mass is 9.86. The first kappa shape index (κ1) is 23.2. The lowest BCUT2D eigenvalue weighted by Gasteiger charge is -2.36. The summed E-state index contributed by atoms with van der Waals surface area (Å²) in [6.45, 7) is 0. The van der Waals surface area contributed by atoms with Crippen molar-refractivity contribution in [2.75, 3.05) is 0 Å². The fourth-order valence-corrected chi connectivity index (χ4v) is 3.69. The summed E-state index contributed by atoms with van der Waals surface area (Å²) in [6, 6.07) is 0. The van der Waals surface area contributed by atoms with Crippen molar-refractivity contribution in [1.82, 2.24) is 0 Å². The molecule has 0 aromatic rings. The van der Waals surface area contributed by atoms with Gasteiger partial charge in [-0.3, -0.25) is 0 Å². The third kappa shape index (κ3) is 3.83. The summed E-state index contributed by atoms with van der Waals surface area (Å²) in [6.07, 6.45) is -6.89. The van der Waals surface area contributed by atoms with E-state index in [-0.39, 0.29) is 11.8 Å². The third-order valence-corrected chi connectivity index (χ3v) is 5.37. The molecule has 0 amide bonds. The molecule has 164 valence electrons. The Kier molecular flexibility index (Phi) is 5.79. The Morgan fingerprint density at radius 3 is 1.75 bits per heavy atom. The van der Waals surface area contributed by atoms with Gasteiger partial charge in [0, 0.05) is 6.42 Å². The minimum absolute atomic E-state index is 0.0702. The zero-order chi connectivity index (χ0) is 21.8. The van der Waals surface area contributed by atoms with E-state index in [0.29, 0.717) is 12.8 Å². The molecule has 0 spiro atoms. The summed E-state index contributed by atoms with van der Waals surface area (Å²) in [5, 5.41) is 0. The summed E-state index contributed by atoms with van der Waals surface area (Å²) < 4.78 is 158. The van der Waals surface area contributed by atoms with E-state index >= 15 is 0 Å². The van der Waals surface area contributed by atoms with Gasteiger partial charge in [-0.2, -0.15) is 43.9 Å². The normalized spacial score (nSPS) is 26.5. The van der Waals surface area contributed by atoms with Crippen LogP contribution in [0.4, 0.5) is 52.7 Å². The minimum atomic E-state index is -6.44. The van der Waals surface area contributed by atoms with Crippen molar-refractivity contribution in [3.8, 4) is 0 Å². The Balaban J connectivity index is 2.11. The van der Waals surface area contributed by atoms with Gasteiger partial charge in [0.1, 0.15) is 0 Å². The topological polar surface area (TPSA) is 0 Å². The number of fused-ring (bicyclic) bond motifs is 2. The first-order valence-corrected chi connectivity index (χ1v) is 8.30. The summed E-state index contributed by atoms with van der Waals surface area (Å²) in [5.74, 6) is -31.6. The quantitative estimate of drug-likeness (QED) is 0.275. The molecule has 3 atom stereocenters. The summed E-state index contributed by atoms with van der Waals surface area (Å²) in [7, 11) is 0. The van der Waals surface area contributed by atoms with Gasteiger partial charge in [-0.1, -0.05) is 12.2 Å². The van der Waals surface area contributed by atoms with E-state index in [1.807, 2.05) is 6.08 Å². The molecule has 0 aliphatic heterocycles. The van der Waals surface area contributed by atoms with Gasteiger partial charge in [-0.15, -0.1) is 0 Å². The standard InChI is InChI=1S/C16H16F12/c17-11(18)15(25,26)13(21,22)7-14(23,24)16(27,28)12(19,20)4-3-10-6-8-1-2-9(10)5-8/h1-2,8-11H,3-7H2. The van der Waals surface area contributed by atoms with Gasteiger partial charge < -0.3 is 0 Å². The molecule has 0 aromatic carbocycles. The fraction of sp³-hybridized carbons (Fsp3) is 0.875. The SMILES string of the molecule is FC(F)C(F)(F)C(F)(F)CC(F)(F)C(F)(F)C(F)(F)CCC1CC2C=CC1C2. The van der Waals surface area contributed by atoms with Gasteiger partial charge >= 0.3 is 36.0 Å². The Bertz CT molecular complexity index is 594. The number of allylic oxidation sites excluding steroid dienone is 2. The van der Waals surface area contributed by atoms with Crippen LogP contribution in [0.3, 0.4) is 0 Å². The number of halogens is 12. The monoisotopic (exact) mass is 436 g/mol. The smallest absolute Gasteiger partial charge is 0.203 e. The molecular weight excluding hydrogens is 420 g/mol. The lowest BCUT2D eigenvalue weighted by Crippen LogP contribution is -2.59. The molecule has 0 aromatic heterocycles. The molecule has 12 heteroatoms. The van der Waals surface area contributed by atoms with Crippen LogP contribution < -0.4 is 0 Å². The summed E-state index contributed by atoms with van der Waals surface area (Å²) in [4.78, 5) is 0. The average molecular weight is 436 g/mol. The highest BCUT2D eigenvalue weighted by Crippen LogP contribution is 2.55. The molecule has 0 nitrogen and oxygen atoms in total. The number of hydrogen-bond donors (Lipinski definition) is 0. The van der Waals surface area contributed by atoms with Gasteiger partial charge in [0.05, 0.1) is 6.42 Å². The molecule has 2 aliphatic rings. The number of rotatable bonds is 9. The average Bonchev–Trinajstić information content (AvgIpc) is 3.14. The molecule has 0 heterocycles. The van der Waals surface area contributed by atoms with Crippen molar-refractivity contribution >= 4 is 0 Å². The molecule has 1 saturated carbocycles. The second kappa shape index (κ2) is 7.00. The molecule has 28 heavy (non-hydrogen) atoms. The maximum atomic E-state index is 13.8. The molecule has 2 rings (SSSR count). The van der Waals surface area contributed by atoms with Crippen LogP contribution in [0.5, 0.6) is 0 Å². The minimum Gasteiger partial charge on any atom is -0.203 e. The van der Waals surface area contributed by atoms with Crippen LogP contribution in [-0.2, 0) is 0 Å². The number of alkyl halides is 12. The van der Waals surface area contributed by atoms with E-state index in [4.69, 9.17) is 0 Å². The van der Waals surface area contributed by atoms with Gasteiger partial charge in [0.25, 0.3) is 0 Å². The molecule has 0 radical (unpaired) electrons. The van der Waals surface area contributed by atoms with Crippen LogP contribution >= 0.6 is 0 Å². The second-order valence-electron chi connectivity index (χ2n) is 7.37. The Morgan fingerprint density at radius 2 is 1.32 bits per heavy atom. The van der Waals surface area contributed by atoms with E-state index in [1.165, 1.54) is 0 Å². The molecule has 3 unspecified atom stereocenters. The van der Waals surface area contributed by atoms with Crippen LogP contribution in [0.25, 0.3) is 0 Å². The van der Waals surface area contributed by atoms with Crippen LogP contribution in [-0.4, -0.2) is 36.0 Å². The zero-order valence-electron chi connectivity index (χ0n) is 14.0. The number of hydrogen-bond acceptors (Lipinski definition) is 0. The maximum absolute atomic E-state index is 13.8. The summed E-state index contributed by atoms with van der Waals surface area (Å²) >= 11 is 0. The fourth-order valence-electron chi connectivity index (χ4n) is 3.69. The van der Waals surface area contributed by atoms with Crippen molar-refractivity contribution in [2.24, 2.45) is 17.8 Å². The van der Waals surface area contributed by atoms with Crippen molar-refractivity contribution in [1.29, 1.82) is 0 Å². The van der Waals surface area contributed by atoms with E-state index in [1.54, 1.807) is 6.08 Å². The van der Waals surface area contributed by atoms with E-state index in [2.05, 4.69) is 0 Å². The second-order valence-corrected chi connectivity index (χ2v) is 7.37. The maximum Gasteiger partial charge on any atom is 0.372 e. The van der Waals surface area contributed by atoms with E-state index in [9.17, 15) is 52.7 Å². The van der Waals surface area contributed by atoms with Crippen LogP contribution in [0.15, 0.2) is 12.2 Å². The van der Waals surface area contributed by atoms with Gasteiger partial charge in [0.15, 0.2) is 0 Å². The largest absolute Gasteiger partial charge is 0.372 e. The third-order valence-electron chi connectivity index (χ3n) is 5.37. The summed E-state index contributed by atoms with van der Waals surface area (Å²) in [5.41, 5.74) is 0. The van der Waals surface area contributed by atoms with Crippen molar-refractivity contribution in [3.05, 3.63) is 12.2 Å². The molecule has 1 fully saturated rings.